The average molecular weight is 144 g/mol. The Morgan fingerprint density at radius 2 is 2.40 bits per heavy atom. The van der Waals surface area contributed by atoms with E-state index in [1.807, 2.05) is 0 Å². The highest BCUT2D eigenvalue weighted by Gasteiger charge is 1.92. The summed E-state index contributed by atoms with van der Waals surface area (Å²) < 4.78 is 0. The van der Waals surface area contributed by atoms with Crippen LogP contribution in [0.5, 0.6) is 0 Å². The molecule has 0 aromatic carbocycles. The van der Waals surface area contributed by atoms with Crippen molar-refractivity contribution in [2.24, 2.45) is 16.2 Å². The van der Waals surface area contributed by atoms with Gasteiger partial charge in [-0.2, -0.15) is 5.11 Å². The average Bonchev–Trinajstić information content (AvgIpc) is 1.98. The molecule has 5 nitrogen and oxygen atoms in total. The molecule has 0 fully saturated rings. The number of rotatable bonds is 4. The zero-order chi connectivity index (χ0) is 7.82. The van der Waals surface area contributed by atoms with Crippen molar-refractivity contribution in [1.29, 1.82) is 0 Å². The molecule has 1 amide bonds. The number of hydrogen-bond donors (Lipinski definition) is 2. The molecule has 10 heavy (non-hydrogen) atoms. The summed E-state index contributed by atoms with van der Waals surface area (Å²) in [5.41, 5.74) is 0. The Morgan fingerprint density at radius 3 is 2.90 bits per heavy atom. The standard InChI is InChI=1S/C5H12N4O/c1-2-5(10)7-3-4-8-9-6/h2-4H2,1H3,(H2,6,8)(H,7,10). The number of carbonyl (C=O) groups is 1. The van der Waals surface area contributed by atoms with Crippen LogP contribution in [0.3, 0.4) is 0 Å². The fraction of sp³-hybridized carbons (Fsp3) is 0.800. The first-order valence-corrected chi connectivity index (χ1v) is 3.14. The number of nitrogens with two attached hydrogens (primary N) is 1. The van der Waals surface area contributed by atoms with Gasteiger partial charge >= 0.3 is 0 Å². The molecule has 0 aromatic heterocycles. The van der Waals surface area contributed by atoms with Gasteiger partial charge in [0.25, 0.3) is 0 Å². The van der Waals surface area contributed by atoms with Gasteiger partial charge in [-0.05, 0) is 0 Å². The molecule has 0 saturated carbocycles. The van der Waals surface area contributed by atoms with Gasteiger partial charge in [-0.1, -0.05) is 12.1 Å². The molecule has 0 unspecified atom stereocenters. The second kappa shape index (κ2) is 6.00. The van der Waals surface area contributed by atoms with Crippen molar-refractivity contribution in [3.05, 3.63) is 0 Å². The summed E-state index contributed by atoms with van der Waals surface area (Å²) in [6.07, 6.45) is 0.500. The number of nitrogens with one attached hydrogen (secondary N) is 1. The van der Waals surface area contributed by atoms with Gasteiger partial charge in [0.15, 0.2) is 0 Å². The first-order chi connectivity index (χ1) is 4.81. The second-order valence-corrected chi connectivity index (χ2v) is 1.68. The third kappa shape index (κ3) is 5.02. The van der Waals surface area contributed by atoms with Crippen LogP contribution in [0.2, 0.25) is 0 Å². The van der Waals surface area contributed by atoms with Crippen LogP contribution in [0.15, 0.2) is 10.3 Å². The highest BCUT2D eigenvalue weighted by Crippen LogP contribution is 1.74. The molecule has 0 saturated heterocycles. The van der Waals surface area contributed by atoms with Gasteiger partial charge in [-0.25, -0.2) is 0 Å². The molecule has 58 valence electrons. The second-order valence-electron chi connectivity index (χ2n) is 1.68. The van der Waals surface area contributed by atoms with E-state index in [-0.39, 0.29) is 5.91 Å². The van der Waals surface area contributed by atoms with Crippen molar-refractivity contribution in [1.82, 2.24) is 5.32 Å². The predicted octanol–water partition coefficient (Wildman–Crippen LogP) is -0.162. The van der Waals surface area contributed by atoms with Crippen molar-refractivity contribution < 1.29 is 4.79 Å². The lowest BCUT2D eigenvalue weighted by Crippen LogP contribution is -2.24. The molecule has 0 aliphatic heterocycles. The van der Waals surface area contributed by atoms with E-state index in [9.17, 15) is 4.79 Å². The Labute approximate surface area is 59.7 Å². The maximum Gasteiger partial charge on any atom is 0.219 e. The molecule has 0 aliphatic carbocycles. The normalized spacial score (nSPS) is 10.1. The molecule has 3 N–H and O–H groups in total. The van der Waals surface area contributed by atoms with Crippen LogP contribution in [0, 0.1) is 0 Å². The Kier molecular flexibility index (Phi) is 5.32. The van der Waals surface area contributed by atoms with Crippen LogP contribution in [-0.4, -0.2) is 19.0 Å². The van der Waals surface area contributed by atoms with E-state index in [0.29, 0.717) is 19.5 Å². The quantitative estimate of drug-likeness (QED) is 0.249. The number of nitrogens with zero attached hydrogens (tertiary/aromatic N) is 2. The topological polar surface area (TPSA) is 79.8 Å². The number of hydrogen-bond acceptors (Lipinski definition) is 3. The lowest BCUT2D eigenvalue weighted by atomic mass is 10.4. The zero-order valence-electron chi connectivity index (χ0n) is 6.00. The van der Waals surface area contributed by atoms with Gasteiger partial charge in [0.2, 0.25) is 5.91 Å². The molecule has 0 spiro atoms. The van der Waals surface area contributed by atoms with Crippen molar-refractivity contribution in [2.75, 3.05) is 13.1 Å². The summed E-state index contributed by atoms with van der Waals surface area (Å²) >= 11 is 0. The van der Waals surface area contributed by atoms with Gasteiger partial charge in [-0.15, -0.1) is 0 Å². The van der Waals surface area contributed by atoms with Crippen molar-refractivity contribution in [3.63, 3.8) is 0 Å². The van der Waals surface area contributed by atoms with Crippen LogP contribution in [0.25, 0.3) is 0 Å². The van der Waals surface area contributed by atoms with Crippen LogP contribution >= 0.6 is 0 Å². The number of amides is 1. The van der Waals surface area contributed by atoms with Crippen LogP contribution < -0.4 is 11.2 Å². The van der Waals surface area contributed by atoms with E-state index >= 15 is 0 Å². The predicted molar refractivity (Wildman–Crippen MR) is 37.2 cm³/mol. The van der Waals surface area contributed by atoms with Crippen LogP contribution in [0.1, 0.15) is 13.3 Å². The number of carbonyl (C=O) groups excluding carboxylic acids is 1. The SMILES string of the molecule is CCC(=O)NCCN=NN. The minimum atomic E-state index is 0.0206. The third-order valence-electron chi connectivity index (χ3n) is 0.937. The maximum atomic E-state index is 10.6. The van der Waals surface area contributed by atoms with E-state index in [1.54, 1.807) is 6.92 Å². The Balaban J connectivity index is 3.11. The minimum absolute atomic E-state index is 0.0206. The molecule has 0 aliphatic rings. The smallest absolute Gasteiger partial charge is 0.219 e. The highest BCUT2D eigenvalue weighted by atomic mass is 16.1. The van der Waals surface area contributed by atoms with Gasteiger partial charge in [0, 0.05) is 13.0 Å². The van der Waals surface area contributed by atoms with Crippen LogP contribution in [-0.2, 0) is 4.79 Å². The Bertz CT molecular complexity index is 123. The maximum absolute atomic E-state index is 10.6. The molecule has 0 bridgehead atoms. The minimum Gasteiger partial charge on any atom is -0.354 e. The van der Waals surface area contributed by atoms with Crippen molar-refractivity contribution in [2.45, 2.75) is 13.3 Å². The molecule has 0 atom stereocenters. The van der Waals surface area contributed by atoms with Crippen molar-refractivity contribution in [3.8, 4) is 0 Å². The first-order valence-electron chi connectivity index (χ1n) is 3.14. The molecule has 0 rings (SSSR count). The monoisotopic (exact) mass is 144 g/mol. The van der Waals surface area contributed by atoms with Crippen LogP contribution in [0.4, 0.5) is 0 Å². The van der Waals surface area contributed by atoms with Gasteiger partial charge < -0.3 is 11.2 Å². The van der Waals surface area contributed by atoms with Crippen molar-refractivity contribution >= 4 is 5.91 Å². The summed E-state index contributed by atoms with van der Waals surface area (Å²) in [5.74, 6) is 4.74. The summed E-state index contributed by atoms with van der Waals surface area (Å²) in [6, 6.07) is 0. The Hall–Kier alpha value is -1.13. The molecule has 0 heterocycles. The lowest BCUT2D eigenvalue weighted by molar-refractivity contribution is -0.120. The summed E-state index contributed by atoms with van der Waals surface area (Å²) in [5, 5.41) is 9.12. The molecular weight excluding hydrogens is 132 g/mol. The fourth-order valence-corrected chi connectivity index (χ4v) is 0.428. The van der Waals surface area contributed by atoms with Gasteiger partial charge in [0.05, 0.1) is 6.54 Å². The van der Waals surface area contributed by atoms with E-state index in [4.69, 9.17) is 5.84 Å². The first kappa shape index (κ1) is 8.87. The Morgan fingerprint density at radius 1 is 1.70 bits per heavy atom. The molecule has 0 aromatic rings. The summed E-state index contributed by atoms with van der Waals surface area (Å²) in [6.45, 7) is 2.75. The largest absolute Gasteiger partial charge is 0.354 e. The summed E-state index contributed by atoms with van der Waals surface area (Å²) in [4.78, 5) is 10.6. The highest BCUT2D eigenvalue weighted by molar-refractivity contribution is 5.75. The zero-order valence-corrected chi connectivity index (χ0v) is 6.00. The van der Waals surface area contributed by atoms with E-state index < -0.39 is 0 Å². The van der Waals surface area contributed by atoms with E-state index in [0.717, 1.165) is 0 Å². The molecule has 0 radical (unpaired) electrons. The third-order valence-corrected chi connectivity index (χ3v) is 0.937. The fourth-order valence-electron chi connectivity index (χ4n) is 0.428. The van der Waals surface area contributed by atoms with Gasteiger partial charge in [-0.3, -0.25) is 4.79 Å². The summed E-state index contributed by atoms with van der Waals surface area (Å²) in [7, 11) is 0. The lowest BCUT2D eigenvalue weighted by Gasteiger charge is -1.97. The van der Waals surface area contributed by atoms with Gasteiger partial charge in [0.1, 0.15) is 0 Å². The molecular formula is C5H12N4O. The van der Waals surface area contributed by atoms with E-state index in [1.165, 1.54) is 0 Å². The van der Waals surface area contributed by atoms with E-state index in [2.05, 4.69) is 15.7 Å². The molecule has 5 heteroatoms.